The van der Waals surface area contributed by atoms with Crippen LogP contribution in [0.4, 0.5) is 6.01 Å². The second-order valence-electron chi connectivity index (χ2n) is 6.35. The van der Waals surface area contributed by atoms with Crippen molar-refractivity contribution in [3.8, 4) is 5.75 Å². The number of hydrogen-bond acceptors (Lipinski definition) is 6. The average molecular weight is 342 g/mol. The third-order valence-electron chi connectivity index (χ3n) is 4.62. The summed E-state index contributed by atoms with van der Waals surface area (Å²) in [7, 11) is 3.67. The van der Waals surface area contributed by atoms with Crippen molar-refractivity contribution < 1.29 is 14.0 Å². The van der Waals surface area contributed by atoms with Crippen molar-refractivity contribution in [1.82, 2.24) is 14.7 Å². The summed E-state index contributed by atoms with van der Waals surface area (Å²) in [6.45, 7) is 2.04. The van der Waals surface area contributed by atoms with E-state index >= 15 is 0 Å². The SMILES string of the molecule is COCc1noc(N2CCC(Oc3cccc4c3ccn4C)CC2)n1. The molecule has 0 unspecified atom stereocenters. The van der Waals surface area contributed by atoms with Crippen LogP contribution in [0.5, 0.6) is 5.75 Å². The standard InChI is InChI=1S/C18H22N4O3/c1-21-9-8-14-15(21)4-3-5-16(14)24-13-6-10-22(11-7-13)18-19-17(12-23-2)20-25-18/h3-5,8-9,13H,6-7,10-12H2,1-2H3. The van der Waals surface area contributed by atoms with Crippen LogP contribution < -0.4 is 9.64 Å². The summed E-state index contributed by atoms with van der Waals surface area (Å²) in [4.78, 5) is 6.46. The molecule has 0 radical (unpaired) electrons. The summed E-state index contributed by atoms with van der Waals surface area (Å²) in [5.41, 5.74) is 1.19. The van der Waals surface area contributed by atoms with Crippen LogP contribution in [0.15, 0.2) is 35.0 Å². The van der Waals surface area contributed by atoms with Gasteiger partial charge in [-0.3, -0.25) is 0 Å². The fourth-order valence-electron chi connectivity index (χ4n) is 3.28. The molecule has 3 heterocycles. The summed E-state index contributed by atoms with van der Waals surface area (Å²) in [6, 6.07) is 8.87. The molecule has 0 aliphatic carbocycles. The van der Waals surface area contributed by atoms with E-state index in [-0.39, 0.29) is 6.10 Å². The molecule has 0 bridgehead atoms. The van der Waals surface area contributed by atoms with Crippen LogP contribution in [-0.2, 0) is 18.4 Å². The number of methoxy groups -OCH3 is 1. The Morgan fingerprint density at radius 1 is 1.24 bits per heavy atom. The average Bonchev–Trinajstić information content (AvgIpc) is 3.24. The van der Waals surface area contributed by atoms with Gasteiger partial charge in [0.05, 0.1) is 5.52 Å². The van der Waals surface area contributed by atoms with Crippen molar-refractivity contribution in [1.29, 1.82) is 0 Å². The maximum absolute atomic E-state index is 6.28. The molecule has 0 spiro atoms. The molecule has 0 atom stereocenters. The molecule has 2 aromatic heterocycles. The number of hydrogen-bond donors (Lipinski definition) is 0. The van der Waals surface area contributed by atoms with Gasteiger partial charge in [0.25, 0.3) is 0 Å². The van der Waals surface area contributed by atoms with Gasteiger partial charge in [0.1, 0.15) is 18.5 Å². The fraction of sp³-hybridized carbons (Fsp3) is 0.444. The van der Waals surface area contributed by atoms with Gasteiger partial charge in [0.15, 0.2) is 5.82 Å². The highest BCUT2D eigenvalue weighted by Gasteiger charge is 2.24. The maximum atomic E-state index is 6.28. The zero-order chi connectivity index (χ0) is 17.2. The van der Waals surface area contributed by atoms with E-state index in [1.54, 1.807) is 7.11 Å². The molecule has 0 amide bonds. The van der Waals surface area contributed by atoms with E-state index in [2.05, 4.69) is 37.9 Å². The lowest BCUT2D eigenvalue weighted by Crippen LogP contribution is -2.38. The van der Waals surface area contributed by atoms with E-state index in [1.165, 1.54) is 5.52 Å². The van der Waals surface area contributed by atoms with Crippen LogP contribution in [-0.4, -0.2) is 41.0 Å². The molecule has 0 N–H and O–H groups in total. The lowest BCUT2D eigenvalue weighted by atomic mass is 10.1. The van der Waals surface area contributed by atoms with Crippen molar-refractivity contribution in [2.24, 2.45) is 7.05 Å². The molecule has 1 aliphatic rings. The number of nitrogens with zero attached hydrogens (tertiary/aromatic N) is 4. The third kappa shape index (κ3) is 3.19. The summed E-state index contributed by atoms with van der Waals surface area (Å²) in [5, 5.41) is 5.08. The van der Waals surface area contributed by atoms with E-state index in [0.29, 0.717) is 18.4 Å². The highest BCUT2D eigenvalue weighted by molar-refractivity contribution is 5.86. The van der Waals surface area contributed by atoms with Crippen molar-refractivity contribution in [2.75, 3.05) is 25.1 Å². The molecular weight excluding hydrogens is 320 g/mol. The number of aromatic nitrogens is 3. The number of ether oxygens (including phenoxy) is 2. The monoisotopic (exact) mass is 342 g/mol. The maximum Gasteiger partial charge on any atom is 0.324 e. The van der Waals surface area contributed by atoms with Gasteiger partial charge in [0.2, 0.25) is 0 Å². The number of aryl methyl sites for hydroxylation is 1. The topological polar surface area (TPSA) is 65.6 Å². The molecular formula is C18H22N4O3. The normalized spacial score (nSPS) is 15.8. The molecule has 7 heteroatoms. The Morgan fingerprint density at radius 3 is 2.88 bits per heavy atom. The van der Waals surface area contributed by atoms with Crippen molar-refractivity contribution in [3.05, 3.63) is 36.3 Å². The van der Waals surface area contributed by atoms with E-state index < -0.39 is 0 Å². The Balaban J connectivity index is 1.40. The van der Waals surface area contributed by atoms with Crippen LogP contribution in [0.25, 0.3) is 10.9 Å². The zero-order valence-electron chi connectivity index (χ0n) is 14.5. The first-order chi connectivity index (χ1) is 12.2. The first-order valence-corrected chi connectivity index (χ1v) is 8.52. The Labute approximate surface area is 146 Å². The first-order valence-electron chi connectivity index (χ1n) is 8.52. The lowest BCUT2D eigenvalue weighted by molar-refractivity contribution is 0.170. The van der Waals surface area contributed by atoms with E-state index in [0.717, 1.165) is 37.1 Å². The van der Waals surface area contributed by atoms with Gasteiger partial charge in [-0.15, -0.1) is 0 Å². The zero-order valence-corrected chi connectivity index (χ0v) is 14.5. The minimum Gasteiger partial charge on any atom is -0.490 e. The van der Waals surface area contributed by atoms with Gasteiger partial charge in [-0.25, -0.2) is 0 Å². The molecule has 132 valence electrons. The Kier molecular flexibility index (Phi) is 4.31. The molecule has 4 rings (SSSR count). The number of piperidine rings is 1. The predicted octanol–water partition coefficient (Wildman–Crippen LogP) is 2.76. The molecule has 7 nitrogen and oxygen atoms in total. The number of benzene rings is 1. The second kappa shape index (κ2) is 6.76. The van der Waals surface area contributed by atoms with Crippen LogP contribution >= 0.6 is 0 Å². The summed E-state index contributed by atoms with van der Waals surface area (Å²) < 4.78 is 18.7. The van der Waals surface area contributed by atoms with Gasteiger partial charge >= 0.3 is 6.01 Å². The van der Waals surface area contributed by atoms with E-state index in [1.807, 2.05) is 19.2 Å². The van der Waals surface area contributed by atoms with Crippen LogP contribution in [0.2, 0.25) is 0 Å². The highest BCUT2D eigenvalue weighted by atomic mass is 16.5. The van der Waals surface area contributed by atoms with Crippen LogP contribution in [0.1, 0.15) is 18.7 Å². The minimum atomic E-state index is 0.198. The van der Waals surface area contributed by atoms with Crippen molar-refractivity contribution in [3.63, 3.8) is 0 Å². The number of fused-ring (bicyclic) bond motifs is 1. The minimum absolute atomic E-state index is 0.198. The number of rotatable bonds is 5. The Morgan fingerprint density at radius 2 is 2.08 bits per heavy atom. The van der Waals surface area contributed by atoms with Crippen LogP contribution in [0, 0.1) is 0 Å². The van der Waals surface area contributed by atoms with Gasteiger partial charge in [-0.2, -0.15) is 4.98 Å². The molecule has 0 saturated carbocycles. The summed E-state index contributed by atoms with van der Waals surface area (Å²) >= 11 is 0. The van der Waals surface area contributed by atoms with Crippen LogP contribution in [0.3, 0.4) is 0 Å². The largest absolute Gasteiger partial charge is 0.490 e. The Bertz CT molecular complexity index is 849. The Hall–Kier alpha value is -2.54. The van der Waals surface area contributed by atoms with Gasteiger partial charge in [-0.05, 0) is 18.2 Å². The van der Waals surface area contributed by atoms with Crippen molar-refractivity contribution in [2.45, 2.75) is 25.6 Å². The molecule has 1 fully saturated rings. The first kappa shape index (κ1) is 16.0. The van der Waals surface area contributed by atoms with Gasteiger partial charge in [0, 0.05) is 51.7 Å². The molecule has 1 aliphatic heterocycles. The lowest BCUT2D eigenvalue weighted by Gasteiger charge is -2.30. The summed E-state index contributed by atoms with van der Waals surface area (Å²) in [6.07, 6.45) is 4.10. The van der Waals surface area contributed by atoms with E-state index in [9.17, 15) is 0 Å². The van der Waals surface area contributed by atoms with Crippen molar-refractivity contribution >= 4 is 16.9 Å². The quantitative estimate of drug-likeness (QED) is 0.710. The molecule has 25 heavy (non-hydrogen) atoms. The van der Waals surface area contributed by atoms with Gasteiger partial charge < -0.3 is 23.5 Å². The number of anilines is 1. The molecule has 1 saturated heterocycles. The van der Waals surface area contributed by atoms with Gasteiger partial charge in [-0.1, -0.05) is 11.2 Å². The summed E-state index contributed by atoms with van der Waals surface area (Å²) in [5.74, 6) is 1.53. The molecule has 1 aromatic carbocycles. The molecule has 3 aromatic rings. The smallest absolute Gasteiger partial charge is 0.324 e. The highest BCUT2D eigenvalue weighted by Crippen LogP contribution is 2.29. The third-order valence-corrected chi connectivity index (χ3v) is 4.62. The predicted molar refractivity (Wildman–Crippen MR) is 93.8 cm³/mol. The fourth-order valence-corrected chi connectivity index (χ4v) is 3.28. The van der Waals surface area contributed by atoms with E-state index in [4.69, 9.17) is 14.0 Å². The second-order valence-corrected chi connectivity index (χ2v) is 6.35.